The number of rotatable bonds is 3. The van der Waals surface area contributed by atoms with Crippen LogP contribution in [0, 0.1) is 0 Å². The Morgan fingerprint density at radius 3 is 2.53 bits per heavy atom. The number of hydrogen-bond donors (Lipinski definition) is 3. The zero-order valence-corrected chi connectivity index (χ0v) is 16.9. The number of alkyl halides is 3. The molecule has 0 bridgehead atoms. The number of hydrazine groups is 1. The predicted octanol–water partition coefficient (Wildman–Crippen LogP) is 4.54. The van der Waals surface area contributed by atoms with Crippen molar-refractivity contribution in [3.8, 4) is 11.4 Å². The smallest absolute Gasteiger partial charge is 0.331 e. The molecule has 0 spiro atoms. The van der Waals surface area contributed by atoms with E-state index in [1.54, 1.807) is 6.07 Å². The second-order valence-corrected chi connectivity index (χ2v) is 6.97. The lowest BCUT2D eigenvalue weighted by atomic mass is 10.0. The summed E-state index contributed by atoms with van der Waals surface area (Å²) < 4.78 is 43.4. The highest BCUT2D eigenvalue weighted by Crippen LogP contribution is 2.30. The molecule has 0 aliphatic carbocycles. The summed E-state index contributed by atoms with van der Waals surface area (Å²) in [5.74, 6) is -0.851. The minimum atomic E-state index is -4.49. The molecule has 1 amide bonds. The largest absolute Gasteiger partial charge is 0.416 e. The van der Waals surface area contributed by atoms with Gasteiger partial charge in [0.2, 0.25) is 5.82 Å². The van der Waals surface area contributed by atoms with Gasteiger partial charge >= 0.3 is 18.0 Å². The maximum absolute atomic E-state index is 12.8. The maximum atomic E-state index is 12.8. The Morgan fingerprint density at radius 1 is 0.969 bits per heavy atom. The topological polar surface area (TPSA) is 92.1 Å². The van der Waals surface area contributed by atoms with E-state index in [0.29, 0.717) is 5.56 Å². The quantitative estimate of drug-likeness (QED) is 0.307. The first-order valence-electron chi connectivity index (χ1n) is 9.18. The van der Waals surface area contributed by atoms with Crippen LogP contribution in [0.15, 0.2) is 71.3 Å². The molecule has 0 radical (unpaired) electrons. The van der Waals surface area contributed by atoms with Crippen molar-refractivity contribution in [1.82, 2.24) is 21.0 Å². The number of nitrogens with zero attached hydrogens (tertiary/aromatic N) is 2. The van der Waals surface area contributed by atoms with Gasteiger partial charge in [-0.15, -0.1) is 0 Å². The van der Waals surface area contributed by atoms with Crippen LogP contribution in [-0.4, -0.2) is 21.2 Å². The average Bonchev–Trinajstić information content (AvgIpc) is 3.27. The van der Waals surface area contributed by atoms with Crippen LogP contribution in [0.4, 0.5) is 18.9 Å². The molecule has 7 nitrogen and oxygen atoms in total. The Labute approximate surface area is 184 Å². The Bertz CT molecular complexity index is 1300. The van der Waals surface area contributed by atoms with Gasteiger partial charge in [-0.3, -0.25) is 15.6 Å². The second kappa shape index (κ2) is 8.63. The third-order valence-corrected chi connectivity index (χ3v) is 4.59. The second-order valence-electron chi connectivity index (χ2n) is 6.56. The summed E-state index contributed by atoms with van der Waals surface area (Å²) in [5, 5.41) is 8.15. The lowest BCUT2D eigenvalue weighted by Crippen LogP contribution is -2.43. The van der Waals surface area contributed by atoms with Crippen molar-refractivity contribution in [2.75, 3.05) is 5.32 Å². The molecule has 11 heteroatoms. The zero-order valence-electron chi connectivity index (χ0n) is 16.1. The molecule has 0 aliphatic rings. The van der Waals surface area contributed by atoms with E-state index in [-0.39, 0.29) is 22.5 Å². The van der Waals surface area contributed by atoms with Crippen LogP contribution in [-0.2, 0) is 6.18 Å². The van der Waals surface area contributed by atoms with Crippen molar-refractivity contribution in [2.45, 2.75) is 6.18 Å². The summed E-state index contributed by atoms with van der Waals surface area (Å²) >= 11 is 4.99. The van der Waals surface area contributed by atoms with Gasteiger partial charge in [-0.2, -0.15) is 18.2 Å². The number of carbonyl (C=O) groups is 1. The molecule has 162 valence electrons. The highest BCUT2D eigenvalue weighted by molar-refractivity contribution is 7.80. The minimum absolute atomic E-state index is 0.0996. The summed E-state index contributed by atoms with van der Waals surface area (Å²) in [7, 11) is 0. The molecule has 1 heterocycles. The molecule has 32 heavy (non-hydrogen) atoms. The number of aromatic nitrogens is 2. The van der Waals surface area contributed by atoms with Crippen molar-refractivity contribution in [3.05, 3.63) is 78.2 Å². The molecule has 1 aromatic heterocycles. The summed E-state index contributed by atoms with van der Waals surface area (Å²) in [6.07, 6.45) is -4.49. The molecule has 4 rings (SSSR count). The first kappa shape index (κ1) is 21.2. The molecule has 0 atom stereocenters. The van der Waals surface area contributed by atoms with Crippen LogP contribution in [0.1, 0.15) is 16.2 Å². The van der Waals surface area contributed by atoms with Gasteiger partial charge in [0.15, 0.2) is 5.11 Å². The number of anilines is 1. The average molecular weight is 457 g/mol. The number of amides is 1. The number of nitrogens with one attached hydrogen (secondary N) is 3. The molecule has 0 fully saturated rings. The SMILES string of the molecule is O=C(NNC(=S)Nc1cccc(C(F)(F)F)c1)c1nc(-c2cccc3ccccc23)no1. The molecular weight excluding hydrogens is 443 g/mol. The molecule has 3 aromatic carbocycles. The highest BCUT2D eigenvalue weighted by atomic mass is 32.1. The van der Waals surface area contributed by atoms with Gasteiger partial charge in [0.25, 0.3) is 0 Å². The fourth-order valence-corrected chi connectivity index (χ4v) is 3.12. The molecule has 0 saturated heterocycles. The van der Waals surface area contributed by atoms with Crippen LogP contribution in [0.5, 0.6) is 0 Å². The third kappa shape index (κ3) is 4.67. The highest BCUT2D eigenvalue weighted by Gasteiger charge is 2.30. The van der Waals surface area contributed by atoms with Crippen LogP contribution in [0.3, 0.4) is 0 Å². The predicted molar refractivity (Wildman–Crippen MR) is 116 cm³/mol. The van der Waals surface area contributed by atoms with E-state index in [1.807, 2.05) is 36.4 Å². The first-order valence-corrected chi connectivity index (χ1v) is 9.58. The summed E-state index contributed by atoms with van der Waals surface area (Å²) in [6, 6.07) is 17.7. The number of carbonyl (C=O) groups excluding carboxylic acids is 1. The van der Waals surface area contributed by atoms with Gasteiger partial charge in [-0.1, -0.05) is 53.7 Å². The maximum Gasteiger partial charge on any atom is 0.416 e. The van der Waals surface area contributed by atoms with Gasteiger partial charge in [-0.05, 0) is 41.2 Å². The monoisotopic (exact) mass is 457 g/mol. The van der Waals surface area contributed by atoms with Crippen molar-refractivity contribution in [1.29, 1.82) is 0 Å². The fourth-order valence-electron chi connectivity index (χ4n) is 2.95. The zero-order chi connectivity index (χ0) is 22.7. The molecule has 4 aromatic rings. The van der Waals surface area contributed by atoms with E-state index in [0.717, 1.165) is 22.9 Å². The van der Waals surface area contributed by atoms with Crippen molar-refractivity contribution in [3.63, 3.8) is 0 Å². The number of hydrogen-bond acceptors (Lipinski definition) is 5. The van der Waals surface area contributed by atoms with E-state index in [1.165, 1.54) is 12.1 Å². The normalized spacial score (nSPS) is 11.2. The Morgan fingerprint density at radius 2 is 1.72 bits per heavy atom. The van der Waals surface area contributed by atoms with E-state index in [9.17, 15) is 18.0 Å². The minimum Gasteiger partial charge on any atom is -0.331 e. The van der Waals surface area contributed by atoms with Crippen LogP contribution in [0.2, 0.25) is 0 Å². The first-order chi connectivity index (χ1) is 15.3. The van der Waals surface area contributed by atoms with Crippen molar-refractivity contribution in [2.24, 2.45) is 0 Å². The van der Waals surface area contributed by atoms with Crippen molar-refractivity contribution >= 4 is 39.7 Å². The molecule has 0 aliphatic heterocycles. The Kier molecular flexibility index (Phi) is 5.73. The molecule has 3 N–H and O–H groups in total. The van der Waals surface area contributed by atoms with Gasteiger partial charge in [0, 0.05) is 11.3 Å². The Hall–Kier alpha value is -3.99. The van der Waals surface area contributed by atoms with Crippen LogP contribution >= 0.6 is 12.2 Å². The van der Waals surface area contributed by atoms with Gasteiger partial charge < -0.3 is 9.84 Å². The summed E-state index contributed by atoms with van der Waals surface area (Å²) in [5.41, 5.74) is 4.60. The van der Waals surface area contributed by atoms with Gasteiger partial charge in [0.05, 0.1) is 5.56 Å². The lowest BCUT2D eigenvalue weighted by Gasteiger charge is -2.12. The van der Waals surface area contributed by atoms with E-state index in [2.05, 4.69) is 26.3 Å². The molecule has 0 unspecified atom stereocenters. The number of halogens is 3. The van der Waals surface area contributed by atoms with Crippen LogP contribution in [0.25, 0.3) is 22.2 Å². The third-order valence-electron chi connectivity index (χ3n) is 4.39. The van der Waals surface area contributed by atoms with E-state index >= 15 is 0 Å². The fraction of sp³-hybridized carbons (Fsp3) is 0.0476. The standard InChI is InChI=1S/C21H14F3N5O2S/c22-21(23,24)13-7-4-8-14(11-13)25-20(32)28-27-18(30)19-26-17(29-31-19)16-10-3-6-12-5-1-2-9-15(12)16/h1-11H,(H,27,30)(H2,25,28,32). The van der Waals surface area contributed by atoms with Crippen LogP contribution < -0.4 is 16.2 Å². The van der Waals surface area contributed by atoms with Gasteiger partial charge in [-0.25, -0.2) is 0 Å². The number of benzene rings is 3. The van der Waals surface area contributed by atoms with E-state index < -0.39 is 17.6 Å². The summed E-state index contributed by atoms with van der Waals surface area (Å²) in [4.78, 5) is 16.4. The lowest BCUT2D eigenvalue weighted by molar-refractivity contribution is -0.137. The van der Waals surface area contributed by atoms with E-state index in [4.69, 9.17) is 16.7 Å². The summed E-state index contributed by atoms with van der Waals surface area (Å²) in [6.45, 7) is 0. The molecule has 0 saturated carbocycles. The number of fused-ring (bicyclic) bond motifs is 1. The van der Waals surface area contributed by atoms with Gasteiger partial charge in [0.1, 0.15) is 0 Å². The molecular formula is C21H14F3N5O2S. The van der Waals surface area contributed by atoms with Crippen molar-refractivity contribution < 1.29 is 22.5 Å². The number of thiocarbonyl (C=S) groups is 1. The Balaban J connectivity index is 1.40.